The number of hydrogen-bond donors (Lipinski definition) is 1. The SMILES string of the molecule is C[C@@H]1CN([C@H](C)CO)C(=O)c2c(c3ccccc3n2C)-c2ccccc2CO[C@H]1CN(C)Cc1ccc2c(c1)OCCN2C. The number of benzene rings is 3. The van der Waals surface area contributed by atoms with Crippen molar-refractivity contribution < 1.29 is 19.4 Å². The van der Waals surface area contributed by atoms with E-state index in [4.69, 9.17) is 9.47 Å². The molecule has 0 bridgehead atoms. The summed E-state index contributed by atoms with van der Waals surface area (Å²) in [6.07, 6.45) is -0.146. The zero-order chi connectivity index (χ0) is 31.0. The van der Waals surface area contributed by atoms with E-state index in [1.807, 2.05) is 47.7 Å². The first-order valence-electron chi connectivity index (χ1n) is 15.6. The van der Waals surface area contributed by atoms with Crippen LogP contribution in [0, 0.1) is 5.92 Å². The van der Waals surface area contributed by atoms with Gasteiger partial charge in [0.25, 0.3) is 5.91 Å². The number of ether oxygens (including phenoxy) is 2. The van der Waals surface area contributed by atoms with Gasteiger partial charge in [0, 0.05) is 56.1 Å². The van der Waals surface area contributed by atoms with Crippen molar-refractivity contribution in [1.82, 2.24) is 14.4 Å². The van der Waals surface area contributed by atoms with Gasteiger partial charge in [-0.05, 0) is 48.9 Å². The zero-order valence-corrected chi connectivity index (χ0v) is 26.5. The van der Waals surface area contributed by atoms with Gasteiger partial charge >= 0.3 is 0 Å². The van der Waals surface area contributed by atoms with Crippen LogP contribution in [-0.4, -0.2) is 84.5 Å². The highest BCUT2D eigenvalue weighted by Crippen LogP contribution is 2.38. The molecule has 1 aromatic heterocycles. The monoisotopic (exact) mass is 596 g/mol. The van der Waals surface area contributed by atoms with Crippen LogP contribution < -0.4 is 9.64 Å². The zero-order valence-electron chi connectivity index (χ0n) is 26.5. The summed E-state index contributed by atoms with van der Waals surface area (Å²) in [5, 5.41) is 11.3. The second-order valence-electron chi connectivity index (χ2n) is 12.5. The summed E-state index contributed by atoms with van der Waals surface area (Å²) < 4.78 is 14.7. The number of likely N-dealkylation sites (N-methyl/N-ethyl adjacent to an activating group) is 2. The predicted molar refractivity (Wildman–Crippen MR) is 175 cm³/mol. The predicted octanol–water partition coefficient (Wildman–Crippen LogP) is 5.16. The maximum atomic E-state index is 14.6. The smallest absolute Gasteiger partial charge is 0.271 e. The summed E-state index contributed by atoms with van der Waals surface area (Å²) >= 11 is 0. The molecule has 3 heterocycles. The summed E-state index contributed by atoms with van der Waals surface area (Å²) in [4.78, 5) is 20.9. The minimum absolute atomic E-state index is 0.0133. The van der Waals surface area contributed by atoms with E-state index in [1.165, 1.54) is 5.56 Å². The van der Waals surface area contributed by atoms with E-state index in [-0.39, 0.29) is 30.6 Å². The summed E-state index contributed by atoms with van der Waals surface area (Å²) in [5.41, 5.74) is 6.93. The van der Waals surface area contributed by atoms with Crippen LogP contribution in [0.1, 0.15) is 35.5 Å². The van der Waals surface area contributed by atoms with Gasteiger partial charge in [-0.1, -0.05) is 55.5 Å². The van der Waals surface area contributed by atoms with Gasteiger partial charge < -0.3 is 28.9 Å². The van der Waals surface area contributed by atoms with E-state index in [0.717, 1.165) is 52.1 Å². The number of amides is 1. The first-order valence-corrected chi connectivity index (χ1v) is 15.6. The summed E-state index contributed by atoms with van der Waals surface area (Å²) in [6.45, 7) is 7.87. The van der Waals surface area contributed by atoms with E-state index in [0.29, 0.717) is 32.0 Å². The number of hydrogen-bond acceptors (Lipinski definition) is 6. The van der Waals surface area contributed by atoms with Crippen LogP contribution in [0.25, 0.3) is 22.0 Å². The molecule has 0 spiro atoms. The van der Waals surface area contributed by atoms with Gasteiger partial charge in [-0.15, -0.1) is 0 Å². The molecule has 4 aromatic rings. The maximum absolute atomic E-state index is 14.6. The molecule has 0 radical (unpaired) electrons. The van der Waals surface area contributed by atoms with Crippen LogP contribution >= 0.6 is 0 Å². The van der Waals surface area contributed by atoms with Gasteiger partial charge in [-0.3, -0.25) is 9.69 Å². The lowest BCUT2D eigenvalue weighted by atomic mass is 9.96. The first kappa shape index (κ1) is 30.2. The molecule has 44 heavy (non-hydrogen) atoms. The largest absolute Gasteiger partial charge is 0.490 e. The molecule has 0 unspecified atom stereocenters. The number of nitrogens with zero attached hydrogens (tertiary/aromatic N) is 4. The number of aromatic nitrogens is 1. The van der Waals surface area contributed by atoms with Crippen molar-refractivity contribution >= 4 is 22.5 Å². The highest BCUT2D eigenvalue weighted by atomic mass is 16.5. The van der Waals surface area contributed by atoms with Crippen LogP contribution in [0.15, 0.2) is 66.7 Å². The molecular weight excluding hydrogens is 552 g/mol. The number of anilines is 1. The first-order chi connectivity index (χ1) is 21.3. The highest BCUT2D eigenvalue weighted by molar-refractivity contribution is 6.10. The highest BCUT2D eigenvalue weighted by Gasteiger charge is 2.33. The van der Waals surface area contributed by atoms with Gasteiger partial charge in [-0.25, -0.2) is 0 Å². The Morgan fingerprint density at radius 2 is 1.84 bits per heavy atom. The lowest BCUT2D eigenvalue weighted by Gasteiger charge is -2.35. The minimum Gasteiger partial charge on any atom is -0.490 e. The Morgan fingerprint density at radius 1 is 1.07 bits per heavy atom. The number of aliphatic hydroxyl groups excluding tert-OH is 1. The fourth-order valence-electron chi connectivity index (χ4n) is 6.71. The third-order valence-electron chi connectivity index (χ3n) is 9.29. The number of rotatable bonds is 6. The van der Waals surface area contributed by atoms with E-state index >= 15 is 0 Å². The molecule has 1 N–H and O–H groups in total. The third-order valence-corrected chi connectivity index (χ3v) is 9.29. The van der Waals surface area contributed by atoms with Gasteiger partial charge in [0.2, 0.25) is 0 Å². The van der Waals surface area contributed by atoms with Gasteiger partial charge in [-0.2, -0.15) is 0 Å². The van der Waals surface area contributed by atoms with E-state index in [1.54, 1.807) is 0 Å². The topological polar surface area (TPSA) is 70.4 Å². The van der Waals surface area contributed by atoms with Crippen molar-refractivity contribution in [2.24, 2.45) is 13.0 Å². The number of aliphatic hydroxyl groups is 1. The molecule has 0 saturated carbocycles. The molecule has 3 aromatic carbocycles. The van der Waals surface area contributed by atoms with Crippen molar-refractivity contribution in [2.75, 3.05) is 51.8 Å². The fraction of sp³-hybridized carbons (Fsp3) is 0.417. The molecule has 0 fully saturated rings. The molecule has 8 nitrogen and oxygen atoms in total. The maximum Gasteiger partial charge on any atom is 0.271 e. The Bertz CT molecular complexity index is 1650. The van der Waals surface area contributed by atoms with Crippen molar-refractivity contribution in [3.63, 3.8) is 0 Å². The van der Waals surface area contributed by atoms with Crippen molar-refractivity contribution in [3.8, 4) is 16.9 Å². The molecule has 3 atom stereocenters. The molecule has 8 heteroatoms. The number of para-hydroxylation sites is 1. The normalized spacial score (nSPS) is 19.7. The lowest BCUT2D eigenvalue weighted by molar-refractivity contribution is -0.0242. The second-order valence-corrected chi connectivity index (χ2v) is 12.5. The summed E-state index contributed by atoms with van der Waals surface area (Å²) in [6, 6.07) is 22.5. The number of carbonyl (C=O) groups excluding carboxylic acids is 1. The molecule has 2 aliphatic rings. The molecular formula is C36H44N4O4. The van der Waals surface area contributed by atoms with Crippen LogP contribution in [0.4, 0.5) is 5.69 Å². The van der Waals surface area contributed by atoms with E-state index in [2.05, 4.69) is 73.3 Å². The van der Waals surface area contributed by atoms with Crippen molar-refractivity contribution in [1.29, 1.82) is 0 Å². The Kier molecular flexibility index (Phi) is 8.67. The average molecular weight is 597 g/mol. The molecule has 232 valence electrons. The molecule has 6 rings (SSSR count). The van der Waals surface area contributed by atoms with Crippen LogP contribution in [0.3, 0.4) is 0 Å². The van der Waals surface area contributed by atoms with Gasteiger partial charge in [0.15, 0.2) is 0 Å². The van der Waals surface area contributed by atoms with Crippen molar-refractivity contribution in [2.45, 2.75) is 39.1 Å². The Labute approximate surface area is 260 Å². The van der Waals surface area contributed by atoms with Crippen molar-refractivity contribution in [3.05, 3.63) is 83.6 Å². The van der Waals surface area contributed by atoms with Crippen LogP contribution in [0.2, 0.25) is 0 Å². The number of fused-ring (bicyclic) bond motifs is 6. The molecule has 0 aliphatic carbocycles. The minimum atomic E-state index is -0.348. The van der Waals surface area contributed by atoms with Gasteiger partial charge in [0.1, 0.15) is 18.1 Å². The van der Waals surface area contributed by atoms with E-state index in [9.17, 15) is 9.90 Å². The number of carbonyl (C=O) groups is 1. The molecule has 1 amide bonds. The average Bonchev–Trinajstić information content (AvgIpc) is 3.32. The molecule has 0 saturated heterocycles. The lowest BCUT2D eigenvalue weighted by Crippen LogP contribution is -2.47. The summed E-state index contributed by atoms with van der Waals surface area (Å²) in [7, 11) is 6.17. The van der Waals surface area contributed by atoms with E-state index < -0.39 is 0 Å². The third kappa shape index (κ3) is 5.70. The molecule has 2 aliphatic heterocycles. The Morgan fingerprint density at radius 3 is 2.66 bits per heavy atom. The number of aryl methyl sites for hydroxylation is 1. The fourth-order valence-corrected chi connectivity index (χ4v) is 6.71. The van der Waals surface area contributed by atoms with Crippen LogP contribution in [-0.2, 0) is 24.9 Å². The quantitative estimate of drug-likeness (QED) is 0.332. The second kappa shape index (κ2) is 12.6. The standard InChI is InChI=1S/C36H44N4O4/c1-24-19-40(25(2)22-41)36(42)35-34(29-12-8-9-13-30(29)39(35)5)28-11-7-6-10-27(28)23-44-33(24)21-37(3)20-26-14-15-31-32(18-26)43-17-16-38(31)4/h6-15,18,24-25,33,41H,16-17,19-23H2,1-5H3/t24-,25-,33+/m1/s1. The Balaban J connectivity index is 1.34. The summed E-state index contributed by atoms with van der Waals surface area (Å²) in [5.74, 6) is 0.870. The Hall–Kier alpha value is -3.85. The van der Waals surface area contributed by atoms with Gasteiger partial charge in [0.05, 0.1) is 37.6 Å². The van der Waals surface area contributed by atoms with Crippen LogP contribution in [0.5, 0.6) is 5.75 Å².